The van der Waals surface area contributed by atoms with Crippen LogP contribution in [0.5, 0.6) is 0 Å². The summed E-state index contributed by atoms with van der Waals surface area (Å²) in [6.07, 6.45) is 2.61. The van der Waals surface area contributed by atoms with Crippen LogP contribution >= 0.6 is 11.8 Å². The predicted molar refractivity (Wildman–Crippen MR) is 98.4 cm³/mol. The van der Waals surface area contributed by atoms with Crippen LogP contribution < -0.4 is 9.62 Å². The summed E-state index contributed by atoms with van der Waals surface area (Å²) < 4.78 is 25.3. The quantitative estimate of drug-likeness (QED) is 0.848. The van der Waals surface area contributed by atoms with E-state index in [1.54, 1.807) is 36.0 Å². The van der Waals surface area contributed by atoms with E-state index < -0.39 is 10.0 Å². The van der Waals surface area contributed by atoms with Gasteiger partial charge in [0.25, 0.3) is 5.91 Å². The highest BCUT2D eigenvalue weighted by Gasteiger charge is 2.28. The molecule has 0 saturated carbocycles. The third-order valence-electron chi connectivity index (χ3n) is 3.84. The van der Waals surface area contributed by atoms with Crippen LogP contribution in [0.3, 0.4) is 0 Å². The smallest absolute Gasteiger partial charge is 0.255 e. The molecule has 1 heterocycles. The van der Waals surface area contributed by atoms with Crippen molar-refractivity contribution in [3.8, 4) is 0 Å². The number of hydrogen-bond donors (Lipinski definition) is 1. The van der Waals surface area contributed by atoms with E-state index in [1.165, 1.54) is 4.31 Å². The second-order valence-electron chi connectivity index (χ2n) is 5.47. The molecule has 1 saturated heterocycles. The molecule has 2 aromatic rings. The van der Waals surface area contributed by atoms with Crippen LogP contribution in [0.25, 0.3) is 0 Å². The molecule has 0 radical (unpaired) electrons. The number of carbonyl (C=O) groups excluding carboxylic acids is 1. The van der Waals surface area contributed by atoms with Crippen molar-refractivity contribution in [2.75, 3.05) is 28.2 Å². The van der Waals surface area contributed by atoms with Crippen molar-refractivity contribution in [2.45, 2.75) is 11.3 Å². The predicted octanol–water partition coefficient (Wildman–Crippen LogP) is 3.20. The van der Waals surface area contributed by atoms with Gasteiger partial charge < -0.3 is 5.32 Å². The maximum absolute atomic E-state index is 12.3. The van der Waals surface area contributed by atoms with Crippen molar-refractivity contribution in [3.63, 3.8) is 0 Å². The minimum atomic E-state index is -3.20. The van der Waals surface area contributed by atoms with Crippen LogP contribution in [0, 0.1) is 0 Å². The van der Waals surface area contributed by atoms with Crippen molar-refractivity contribution in [3.05, 3.63) is 54.1 Å². The van der Waals surface area contributed by atoms with Gasteiger partial charge in [-0.3, -0.25) is 9.10 Å². The Morgan fingerprint density at radius 1 is 1.17 bits per heavy atom. The minimum absolute atomic E-state index is 0.182. The van der Waals surface area contributed by atoms with Crippen LogP contribution in [-0.2, 0) is 10.0 Å². The van der Waals surface area contributed by atoms with Gasteiger partial charge in [-0.2, -0.15) is 0 Å². The van der Waals surface area contributed by atoms with Crippen LogP contribution in [-0.4, -0.2) is 32.9 Å². The number of thioether (sulfide) groups is 1. The first kappa shape index (κ1) is 16.9. The fourth-order valence-corrected chi connectivity index (χ4v) is 4.64. The molecule has 0 bridgehead atoms. The average molecular weight is 362 g/mol. The third kappa shape index (κ3) is 3.57. The van der Waals surface area contributed by atoms with Gasteiger partial charge in [-0.25, -0.2) is 8.42 Å². The average Bonchev–Trinajstić information content (AvgIpc) is 2.94. The first-order valence-electron chi connectivity index (χ1n) is 7.55. The van der Waals surface area contributed by atoms with Crippen LogP contribution in [0.1, 0.15) is 16.8 Å². The monoisotopic (exact) mass is 362 g/mol. The molecule has 0 atom stereocenters. The molecule has 1 N–H and O–H groups in total. The Bertz CT molecular complexity index is 848. The Morgan fingerprint density at radius 3 is 2.54 bits per heavy atom. The van der Waals surface area contributed by atoms with Crippen molar-refractivity contribution < 1.29 is 13.2 Å². The summed E-state index contributed by atoms with van der Waals surface area (Å²) >= 11 is 1.61. The topological polar surface area (TPSA) is 66.5 Å². The minimum Gasteiger partial charge on any atom is -0.322 e. The van der Waals surface area contributed by atoms with Gasteiger partial charge in [-0.1, -0.05) is 6.07 Å². The van der Waals surface area contributed by atoms with Crippen molar-refractivity contribution in [1.29, 1.82) is 0 Å². The molecule has 3 rings (SSSR count). The number of amides is 1. The molecule has 24 heavy (non-hydrogen) atoms. The van der Waals surface area contributed by atoms with E-state index in [0.29, 0.717) is 24.2 Å². The standard InChI is InChI=1S/C17H18N2O3S2/c1-23-16-5-2-4-14(12-16)18-17(20)13-6-8-15(9-7-13)19-10-3-11-24(19,21)22/h2,4-9,12H,3,10-11H2,1H3,(H,18,20). The van der Waals surface area contributed by atoms with Gasteiger partial charge in [0.2, 0.25) is 10.0 Å². The molecule has 5 nitrogen and oxygen atoms in total. The van der Waals surface area contributed by atoms with Crippen molar-refractivity contribution in [1.82, 2.24) is 0 Å². The number of nitrogens with zero attached hydrogens (tertiary/aromatic N) is 1. The lowest BCUT2D eigenvalue weighted by atomic mass is 10.2. The van der Waals surface area contributed by atoms with Gasteiger partial charge in [0.15, 0.2) is 0 Å². The molecule has 7 heteroatoms. The van der Waals surface area contributed by atoms with Gasteiger partial charge in [0.1, 0.15) is 0 Å². The summed E-state index contributed by atoms with van der Waals surface area (Å²) in [5.41, 5.74) is 1.83. The summed E-state index contributed by atoms with van der Waals surface area (Å²) in [5.74, 6) is -0.0369. The third-order valence-corrected chi connectivity index (χ3v) is 6.44. The van der Waals surface area contributed by atoms with Gasteiger partial charge in [0.05, 0.1) is 11.4 Å². The molecule has 0 spiro atoms. The van der Waals surface area contributed by atoms with E-state index in [4.69, 9.17) is 0 Å². The zero-order valence-corrected chi connectivity index (χ0v) is 14.9. The molecule has 126 valence electrons. The molecular weight excluding hydrogens is 344 g/mol. The fourth-order valence-electron chi connectivity index (χ4n) is 2.61. The highest BCUT2D eigenvalue weighted by Crippen LogP contribution is 2.24. The number of rotatable bonds is 4. The summed E-state index contributed by atoms with van der Waals surface area (Å²) in [5, 5.41) is 2.85. The Labute approximate surface area is 146 Å². The molecule has 1 amide bonds. The maximum Gasteiger partial charge on any atom is 0.255 e. The lowest BCUT2D eigenvalue weighted by Crippen LogP contribution is -2.25. The number of nitrogens with one attached hydrogen (secondary N) is 1. The first-order valence-corrected chi connectivity index (χ1v) is 10.4. The summed E-state index contributed by atoms with van der Waals surface area (Å²) in [6.45, 7) is 0.495. The maximum atomic E-state index is 12.3. The van der Waals surface area contributed by atoms with E-state index in [9.17, 15) is 13.2 Å². The van der Waals surface area contributed by atoms with Crippen molar-refractivity contribution >= 4 is 39.1 Å². The highest BCUT2D eigenvalue weighted by molar-refractivity contribution is 7.98. The van der Waals surface area contributed by atoms with Gasteiger partial charge >= 0.3 is 0 Å². The first-order chi connectivity index (χ1) is 11.5. The molecule has 0 aromatic heterocycles. The number of sulfonamides is 1. The van der Waals surface area contributed by atoms with E-state index in [2.05, 4.69) is 5.32 Å². The molecule has 1 fully saturated rings. The molecule has 2 aromatic carbocycles. The van der Waals surface area contributed by atoms with E-state index in [1.807, 2.05) is 30.5 Å². The Balaban J connectivity index is 1.74. The Morgan fingerprint density at radius 2 is 1.92 bits per heavy atom. The second kappa shape index (κ2) is 6.86. The normalized spacial score (nSPS) is 16.1. The number of anilines is 2. The van der Waals surface area contributed by atoms with Crippen LogP contribution in [0.2, 0.25) is 0 Å². The molecule has 1 aliphatic rings. The zero-order chi connectivity index (χ0) is 17.2. The van der Waals surface area contributed by atoms with E-state index in [-0.39, 0.29) is 11.7 Å². The number of benzene rings is 2. The SMILES string of the molecule is CSc1cccc(NC(=O)c2ccc(N3CCCS3(=O)=O)cc2)c1. The molecule has 0 unspecified atom stereocenters. The summed E-state index contributed by atoms with van der Waals surface area (Å²) in [4.78, 5) is 13.4. The Kier molecular flexibility index (Phi) is 4.82. The molecular formula is C17H18N2O3S2. The second-order valence-corrected chi connectivity index (χ2v) is 8.37. The van der Waals surface area contributed by atoms with Crippen LogP contribution in [0.15, 0.2) is 53.4 Å². The van der Waals surface area contributed by atoms with Gasteiger partial charge in [-0.05, 0) is 55.1 Å². The number of hydrogen-bond acceptors (Lipinski definition) is 4. The van der Waals surface area contributed by atoms with Crippen molar-refractivity contribution in [2.24, 2.45) is 0 Å². The van der Waals surface area contributed by atoms with Gasteiger partial charge in [-0.15, -0.1) is 11.8 Å². The zero-order valence-electron chi connectivity index (χ0n) is 13.2. The molecule has 0 aliphatic carbocycles. The number of carbonyl (C=O) groups is 1. The lowest BCUT2D eigenvalue weighted by molar-refractivity contribution is 0.102. The summed E-state index contributed by atoms with van der Waals surface area (Å²) in [7, 11) is -3.20. The summed E-state index contributed by atoms with van der Waals surface area (Å²) in [6, 6.07) is 14.3. The fraction of sp³-hybridized carbons (Fsp3) is 0.235. The largest absolute Gasteiger partial charge is 0.322 e. The Hall–Kier alpha value is -1.99. The van der Waals surface area contributed by atoms with E-state index in [0.717, 1.165) is 10.6 Å². The van der Waals surface area contributed by atoms with Crippen LogP contribution in [0.4, 0.5) is 11.4 Å². The van der Waals surface area contributed by atoms with Gasteiger partial charge in [0, 0.05) is 22.7 Å². The van der Waals surface area contributed by atoms with E-state index >= 15 is 0 Å². The molecule has 1 aliphatic heterocycles. The lowest BCUT2D eigenvalue weighted by Gasteiger charge is -2.17. The highest BCUT2D eigenvalue weighted by atomic mass is 32.2.